The topological polar surface area (TPSA) is 86.8 Å². The van der Waals surface area contributed by atoms with Gasteiger partial charge >= 0.3 is 0 Å². The molecule has 0 aliphatic carbocycles. The van der Waals surface area contributed by atoms with Crippen molar-refractivity contribution in [1.82, 2.24) is 10.2 Å². The van der Waals surface area contributed by atoms with Crippen molar-refractivity contribution in [3.63, 3.8) is 0 Å². The highest BCUT2D eigenvalue weighted by Gasteiger charge is 2.32. The van der Waals surface area contributed by atoms with Gasteiger partial charge in [-0.1, -0.05) is 55.5 Å². The second kappa shape index (κ2) is 13.2. The van der Waals surface area contributed by atoms with Crippen LogP contribution in [0.25, 0.3) is 0 Å². The molecule has 1 N–H and O–H groups in total. The molecule has 3 aromatic rings. The van der Waals surface area contributed by atoms with E-state index in [1.54, 1.807) is 25.1 Å². The number of amides is 2. The average molecular weight is 540 g/mol. The van der Waals surface area contributed by atoms with E-state index in [1.807, 2.05) is 44.2 Å². The van der Waals surface area contributed by atoms with Gasteiger partial charge in [0.25, 0.3) is 10.0 Å². The summed E-state index contributed by atoms with van der Waals surface area (Å²) >= 11 is 0. The number of hydrogen-bond donors (Lipinski definition) is 1. The summed E-state index contributed by atoms with van der Waals surface area (Å²) in [5.41, 5.74) is 1.12. The van der Waals surface area contributed by atoms with Gasteiger partial charge in [-0.3, -0.25) is 13.9 Å². The molecule has 3 rings (SSSR count). The van der Waals surface area contributed by atoms with Gasteiger partial charge in [0, 0.05) is 12.6 Å². The average Bonchev–Trinajstić information content (AvgIpc) is 2.93. The molecule has 0 bridgehead atoms. The van der Waals surface area contributed by atoms with Gasteiger partial charge in [0.1, 0.15) is 18.4 Å². The van der Waals surface area contributed by atoms with E-state index in [2.05, 4.69) is 5.32 Å². The van der Waals surface area contributed by atoms with Crippen molar-refractivity contribution in [3.05, 3.63) is 96.3 Å². The van der Waals surface area contributed by atoms with Gasteiger partial charge in [0.15, 0.2) is 0 Å². The summed E-state index contributed by atoms with van der Waals surface area (Å²) in [4.78, 5) is 28.2. The first-order valence-electron chi connectivity index (χ1n) is 12.6. The maximum atomic E-state index is 13.8. The van der Waals surface area contributed by atoms with Crippen LogP contribution >= 0.6 is 0 Å². The van der Waals surface area contributed by atoms with Crippen LogP contribution in [0.15, 0.2) is 89.8 Å². The molecule has 2 atom stereocenters. The van der Waals surface area contributed by atoms with E-state index in [-0.39, 0.29) is 29.1 Å². The van der Waals surface area contributed by atoms with Crippen LogP contribution in [0.2, 0.25) is 0 Å². The molecule has 0 radical (unpaired) electrons. The van der Waals surface area contributed by atoms with E-state index in [4.69, 9.17) is 0 Å². The van der Waals surface area contributed by atoms with E-state index < -0.39 is 34.3 Å². The molecule has 38 heavy (non-hydrogen) atoms. The Morgan fingerprint density at radius 2 is 1.47 bits per heavy atom. The molecular formula is C29H34FN3O4S. The maximum absolute atomic E-state index is 13.8. The smallest absolute Gasteiger partial charge is 0.264 e. The summed E-state index contributed by atoms with van der Waals surface area (Å²) in [5.74, 6) is -1.39. The lowest BCUT2D eigenvalue weighted by Crippen LogP contribution is -2.53. The molecule has 0 spiro atoms. The summed E-state index contributed by atoms with van der Waals surface area (Å²) in [6.45, 7) is 5.11. The Kier molecular flexibility index (Phi) is 10.0. The predicted octanol–water partition coefficient (Wildman–Crippen LogP) is 4.40. The van der Waals surface area contributed by atoms with Crippen molar-refractivity contribution < 1.29 is 22.4 Å². The highest BCUT2D eigenvalue weighted by molar-refractivity contribution is 7.92. The normalized spacial score (nSPS) is 12.8. The van der Waals surface area contributed by atoms with Crippen molar-refractivity contribution in [1.29, 1.82) is 0 Å². The van der Waals surface area contributed by atoms with Gasteiger partial charge in [0.05, 0.1) is 10.6 Å². The van der Waals surface area contributed by atoms with Crippen LogP contribution < -0.4 is 9.62 Å². The van der Waals surface area contributed by atoms with E-state index >= 15 is 0 Å². The Bertz CT molecular complexity index is 1300. The van der Waals surface area contributed by atoms with Crippen LogP contribution in [-0.2, 0) is 26.0 Å². The minimum atomic E-state index is -4.17. The highest BCUT2D eigenvalue weighted by Crippen LogP contribution is 2.24. The van der Waals surface area contributed by atoms with Gasteiger partial charge in [-0.2, -0.15) is 0 Å². The molecule has 0 aliphatic heterocycles. The number of sulfonamides is 1. The second-order valence-electron chi connectivity index (χ2n) is 9.12. The minimum Gasteiger partial charge on any atom is -0.352 e. The Hall–Kier alpha value is -3.72. The van der Waals surface area contributed by atoms with Crippen LogP contribution in [0.3, 0.4) is 0 Å². The molecule has 0 aromatic heterocycles. The lowest BCUT2D eigenvalue weighted by molar-refractivity contribution is -0.139. The predicted molar refractivity (Wildman–Crippen MR) is 147 cm³/mol. The molecule has 0 heterocycles. The SMILES string of the molecule is CCC(C)NC(=O)C(C)N(CCc1ccccc1)C(=O)CN(c1ccc(F)cc1)S(=O)(=O)c1ccccc1. The van der Waals surface area contributed by atoms with Gasteiger partial charge < -0.3 is 10.2 Å². The van der Waals surface area contributed by atoms with Gasteiger partial charge in [0.2, 0.25) is 11.8 Å². The fourth-order valence-electron chi connectivity index (χ4n) is 3.89. The zero-order chi connectivity index (χ0) is 27.7. The molecule has 9 heteroatoms. The Labute approximate surface area is 224 Å². The summed E-state index contributed by atoms with van der Waals surface area (Å²) in [6, 6.07) is 21.3. The third-order valence-electron chi connectivity index (χ3n) is 6.38. The van der Waals surface area contributed by atoms with Gasteiger partial charge in [-0.05, 0) is 68.7 Å². The number of carbonyl (C=O) groups is 2. The number of nitrogens with one attached hydrogen (secondary N) is 1. The minimum absolute atomic E-state index is 0.00415. The van der Waals surface area contributed by atoms with E-state index in [9.17, 15) is 22.4 Å². The maximum Gasteiger partial charge on any atom is 0.264 e. The first-order valence-corrected chi connectivity index (χ1v) is 14.0. The van der Waals surface area contributed by atoms with Crippen LogP contribution in [-0.4, -0.2) is 50.3 Å². The highest BCUT2D eigenvalue weighted by atomic mass is 32.2. The molecular weight excluding hydrogens is 505 g/mol. The standard InChI is InChI=1S/C29H34FN3O4S/c1-4-22(2)31-29(35)23(3)32(20-19-24-11-7-5-8-12-24)28(34)21-33(26-17-15-25(30)16-18-26)38(36,37)27-13-9-6-10-14-27/h5-18,22-23H,4,19-21H2,1-3H3,(H,31,35). The van der Waals surface area contributed by atoms with E-state index in [0.717, 1.165) is 28.4 Å². The summed E-state index contributed by atoms with van der Waals surface area (Å²) in [6.07, 6.45) is 1.21. The molecule has 0 fully saturated rings. The van der Waals surface area contributed by atoms with E-state index in [0.29, 0.717) is 6.42 Å². The monoisotopic (exact) mass is 539 g/mol. The zero-order valence-electron chi connectivity index (χ0n) is 21.9. The molecule has 0 saturated carbocycles. The first-order chi connectivity index (χ1) is 18.1. The molecule has 0 saturated heterocycles. The number of anilines is 1. The molecule has 3 aromatic carbocycles. The van der Waals surface area contributed by atoms with Crippen LogP contribution in [0.1, 0.15) is 32.8 Å². The van der Waals surface area contributed by atoms with Gasteiger partial charge in [-0.25, -0.2) is 12.8 Å². The van der Waals surface area contributed by atoms with Crippen molar-refractivity contribution in [3.8, 4) is 0 Å². The Morgan fingerprint density at radius 1 is 0.895 bits per heavy atom. The number of benzene rings is 3. The number of carbonyl (C=O) groups excluding carboxylic acids is 2. The number of halogens is 1. The third kappa shape index (κ3) is 7.41. The second-order valence-corrected chi connectivity index (χ2v) is 11.0. The van der Waals surface area contributed by atoms with Crippen molar-refractivity contribution in [2.75, 3.05) is 17.4 Å². The van der Waals surface area contributed by atoms with Crippen LogP contribution in [0, 0.1) is 5.82 Å². The first kappa shape index (κ1) is 28.8. The molecule has 0 aliphatic rings. The zero-order valence-corrected chi connectivity index (χ0v) is 22.7. The van der Waals surface area contributed by atoms with Crippen molar-refractivity contribution in [2.45, 2.75) is 50.6 Å². The van der Waals surface area contributed by atoms with E-state index in [1.165, 1.54) is 29.2 Å². The number of nitrogens with zero attached hydrogens (tertiary/aromatic N) is 2. The largest absolute Gasteiger partial charge is 0.352 e. The van der Waals surface area contributed by atoms with Gasteiger partial charge in [-0.15, -0.1) is 0 Å². The third-order valence-corrected chi connectivity index (χ3v) is 8.17. The Balaban J connectivity index is 1.95. The number of rotatable bonds is 12. The summed E-state index contributed by atoms with van der Waals surface area (Å²) in [5, 5.41) is 2.90. The van der Waals surface area contributed by atoms with Crippen molar-refractivity contribution in [2.24, 2.45) is 0 Å². The molecule has 2 unspecified atom stereocenters. The fourth-order valence-corrected chi connectivity index (χ4v) is 5.33. The summed E-state index contributed by atoms with van der Waals surface area (Å²) in [7, 11) is -4.17. The molecule has 2 amide bonds. The van der Waals surface area contributed by atoms with Crippen LogP contribution in [0.5, 0.6) is 0 Å². The quantitative estimate of drug-likeness (QED) is 0.370. The van der Waals surface area contributed by atoms with Crippen molar-refractivity contribution >= 4 is 27.5 Å². The summed E-state index contributed by atoms with van der Waals surface area (Å²) < 4.78 is 41.9. The lowest BCUT2D eigenvalue weighted by Gasteiger charge is -2.32. The Morgan fingerprint density at radius 3 is 2.05 bits per heavy atom. The number of hydrogen-bond acceptors (Lipinski definition) is 4. The molecule has 7 nitrogen and oxygen atoms in total. The lowest BCUT2D eigenvalue weighted by atomic mass is 10.1. The molecule has 202 valence electrons. The fraction of sp³-hybridized carbons (Fsp3) is 0.310. The van der Waals surface area contributed by atoms with Crippen LogP contribution in [0.4, 0.5) is 10.1 Å².